The minimum absolute atomic E-state index is 0.194. The number of likely N-dealkylation sites (tertiary alicyclic amines) is 1. The van der Waals surface area contributed by atoms with Crippen LogP contribution >= 0.6 is 0 Å². The van der Waals surface area contributed by atoms with E-state index in [1.807, 2.05) is 18.2 Å². The minimum atomic E-state index is -0.194. The molecule has 0 N–H and O–H groups in total. The molecule has 2 bridgehead atoms. The number of fused-ring (bicyclic) bond motifs is 6. The molecule has 146 valence electrons. The summed E-state index contributed by atoms with van der Waals surface area (Å²) in [5, 5.41) is 0. The van der Waals surface area contributed by atoms with E-state index in [4.69, 9.17) is 9.47 Å². The molecule has 3 aromatic rings. The third-order valence-corrected chi connectivity index (χ3v) is 6.60. The van der Waals surface area contributed by atoms with Gasteiger partial charge in [-0.15, -0.1) is 0 Å². The first-order chi connectivity index (χ1) is 14.2. The van der Waals surface area contributed by atoms with Crippen molar-refractivity contribution in [1.29, 1.82) is 0 Å². The molecule has 3 aliphatic rings. The Morgan fingerprint density at radius 3 is 2.59 bits per heavy atom. The first-order valence-electron chi connectivity index (χ1n) is 10.3. The van der Waals surface area contributed by atoms with Crippen LogP contribution in [0.3, 0.4) is 0 Å². The molecule has 2 aliphatic heterocycles. The van der Waals surface area contributed by atoms with Crippen LogP contribution in [-0.2, 0) is 6.54 Å². The zero-order chi connectivity index (χ0) is 19.4. The summed E-state index contributed by atoms with van der Waals surface area (Å²) >= 11 is 0. The molecule has 2 atom stereocenters. The third-order valence-electron chi connectivity index (χ3n) is 6.60. The lowest BCUT2D eigenvalue weighted by Gasteiger charge is -2.33. The summed E-state index contributed by atoms with van der Waals surface area (Å²) < 4.78 is 24.3. The average molecular weight is 387 g/mol. The molecule has 0 aromatic heterocycles. The van der Waals surface area contributed by atoms with Crippen LogP contribution < -0.4 is 9.47 Å². The van der Waals surface area contributed by atoms with Gasteiger partial charge in [-0.2, -0.15) is 0 Å². The highest BCUT2D eigenvalue weighted by Crippen LogP contribution is 2.50. The highest BCUT2D eigenvalue weighted by Gasteiger charge is 2.38. The highest BCUT2D eigenvalue weighted by molar-refractivity contribution is 5.66. The van der Waals surface area contributed by atoms with Gasteiger partial charge in [0.25, 0.3) is 0 Å². The van der Waals surface area contributed by atoms with Crippen molar-refractivity contribution in [2.75, 3.05) is 13.3 Å². The molecule has 4 heteroatoms. The van der Waals surface area contributed by atoms with Gasteiger partial charge in [-0.05, 0) is 83.5 Å². The lowest BCUT2D eigenvalue weighted by molar-refractivity contribution is 0.144. The molecule has 1 saturated heterocycles. The van der Waals surface area contributed by atoms with Crippen molar-refractivity contribution < 1.29 is 13.9 Å². The molecule has 29 heavy (non-hydrogen) atoms. The fraction of sp³-hybridized carbons (Fsp3) is 0.280. The predicted molar refractivity (Wildman–Crippen MR) is 110 cm³/mol. The van der Waals surface area contributed by atoms with Crippen LogP contribution in [0.5, 0.6) is 11.5 Å². The maximum atomic E-state index is 13.3. The first kappa shape index (κ1) is 17.0. The van der Waals surface area contributed by atoms with E-state index in [2.05, 4.69) is 35.2 Å². The lowest BCUT2D eigenvalue weighted by Crippen LogP contribution is -2.31. The number of benzene rings is 3. The Bertz CT molecular complexity index is 1080. The minimum Gasteiger partial charge on any atom is -0.454 e. The Balaban J connectivity index is 1.31. The van der Waals surface area contributed by atoms with Gasteiger partial charge in [-0.3, -0.25) is 4.90 Å². The van der Waals surface area contributed by atoms with Gasteiger partial charge in [0.2, 0.25) is 6.79 Å². The fourth-order valence-corrected chi connectivity index (χ4v) is 5.14. The summed E-state index contributed by atoms with van der Waals surface area (Å²) in [5.74, 6) is 2.15. The molecule has 3 aromatic carbocycles. The molecule has 0 amide bonds. The van der Waals surface area contributed by atoms with Crippen molar-refractivity contribution in [2.45, 2.75) is 31.3 Å². The summed E-state index contributed by atoms with van der Waals surface area (Å²) in [6, 6.07) is 20.3. The second-order valence-electron chi connectivity index (χ2n) is 8.25. The van der Waals surface area contributed by atoms with E-state index in [-0.39, 0.29) is 5.82 Å². The smallest absolute Gasteiger partial charge is 0.231 e. The fourth-order valence-electron chi connectivity index (χ4n) is 5.14. The quantitative estimate of drug-likeness (QED) is 0.579. The van der Waals surface area contributed by atoms with Crippen LogP contribution in [0, 0.1) is 5.82 Å². The van der Waals surface area contributed by atoms with Crippen molar-refractivity contribution in [3.05, 3.63) is 83.2 Å². The number of hydrogen-bond acceptors (Lipinski definition) is 3. The molecule has 6 rings (SSSR count). The van der Waals surface area contributed by atoms with E-state index in [1.54, 1.807) is 0 Å². The average Bonchev–Trinajstić information content (AvgIpc) is 3.33. The Morgan fingerprint density at radius 1 is 0.862 bits per heavy atom. The monoisotopic (exact) mass is 387 g/mol. The standard InChI is InChI=1S/C25H22FNO2/c26-20-5-2-17(3-6-20)18-4-7-21-19-9-10-27(23(13-19)22(21)12-18)14-16-1-8-24-25(11-16)29-15-28-24/h1-8,11-12,19,23H,9-10,13-15H2/t19?,23-/m1/s1. The van der Waals surface area contributed by atoms with Crippen molar-refractivity contribution in [1.82, 2.24) is 4.90 Å². The molecule has 1 fully saturated rings. The summed E-state index contributed by atoms with van der Waals surface area (Å²) in [6.07, 6.45) is 2.39. The summed E-state index contributed by atoms with van der Waals surface area (Å²) in [7, 11) is 0. The largest absolute Gasteiger partial charge is 0.454 e. The van der Waals surface area contributed by atoms with E-state index < -0.39 is 0 Å². The molecular weight excluding hydrogens is 365 g/mol. The van der Waals surface area contributed by atoms with Crippen LogP contribution in [0.1, 0.15) is 41.5 Å². The Labute approximate surface area is 169 Å². The second kappa shape index (κ2) is 6.60. The molecule has 1 unspecified atom stereocenters. The molecule has 2 heterocycles. The number of piperidine rings is 1. The van der Waals surface area contributed by atoms with Crippen molar-refractivity contribution >= 4 is 0 Å². The first-order valence-corrected chi connectivity index (χ1v) is 10.3. The van der Waals surface area contributed by atoms with Crippen molar-refractivity contribution in [3.8, 4) is 22.6 Å². The lowest BCUT2D eigenvalue weighted by atomic mass is 9.94. The van der Waals surface area contributed by atoms with E-state index in [1.165, 1.54) is 47.2 Å². The Hall–Kier alpha value is -2.85. The van der Waals surface area contributed by atoms with Gasteiger partial charge in [-0.1, -0.05) is 30.3 Å². The van der Waals surface area contributed by atoms with Gasteiger partial charge in [0.05, 0.1) is 0 Å². The van der Waals surface area contributed by atoms with Gasteiger partial charge < -0.3 is 9.47 Å². The summed E-state index contributed by atoms with van der Waals surface area (Å²) in [6.45, 7) is 2.32. The van der Waals surface area contributed by atoms with Crippen LogP contribution in [0.15, 0.2) is 60.7 Å². The summed E-state index contributed by atoms with van der Waals surface area (Å²) in [4.78, 5) is 2.59. The zero-order valence-corrected chi connectivity index (χ0v) is 16.1. The van der Waals surface area contributed by atoms with E-state index in [0.29, 0.717) is 18.8 Å². The number of halogens is 1. The Morgan fingerprint density at radius 2 is 1.69 bits per heavy atom. The third kappa shape index (κ3) is 2.90. The normalized spacial score (nSPS) is 22.0. The topological polar surface area (TPSA) is 21.7 Å². The second-order valence-corrected chi connectivity index (χ2v) is 8.25. The van der Waals surface area contributed by atoms with Crippen LogP contribution in [0.25, 0.3) is 11.1 Å². The van der Waals surface area contributed by atoms with Crippen LogP contribution in [0.4, 0.5) is 4.39 Å². The number of ether oxygens (including phenoxy) is 2. The number of rotatable bonds is 3. The zero-order valence-electron chi connectivity index (χ0n) is 16.1. The summed E-state index contributed by atoms with van der Waals surface area (Å²) in [5.41, 5.74) is 6.43. The van der Waals surface area contributed by atoms with Crippen molar-refractivity contribution in [3.63, 3.8) is 0 Å². The van der Waals surface area contributed by atoms with Crippen LogP contribution in [-0.4, -0.2) is 18.2 Å². The molecule has 3 nitrogen and oxygen atoms in total. The van der Waals surface area contributed by atoms with Crippen molar-refractivity contribution in [2.24, 2.45) is 0 Å². The van der Waals surface area contributed by atoms with Gasteiger partial charge in [0, 0.05) is 12.6 Å². The Kier molecular flexibility index (Phi) is 3.88. The van der Waals surface area contributed by atoms with Gasteiger partial charge >= 0.3 is 0 Å². The maximum Gasteiger partial charge on any atom is 0.231 e. The number of hydrogen-bond donors (Lipinski definition) is 0. The maximum absolute atomic E-state index is 13.3. The molecule has 0 spiro atoms. The molecular formula is C25H22FNO2. The van der Waals surface area contributed by atoms with Gasteiger partial charge in [0.15, 0.2) is 11.5 Å². The highest BCUT2D eigenvalue weighted by atomic mass is 19.1. The molecule has 0 saturated carbocycles. The number of nitrogens with zero attached hydrogens (tertiary/aromatic N) is 1. The van der Waals surface area contributed by atoms with E-state index in [0.717, 1.165) is 30.2 Å². The van der Waals surface area contributed by atoms with Gasteiger partial charge in [0.1, 0.15) is 5.82 Å². The molecule has 0 radical (unpaired) electrons. The predicted octanol–water partition coefficient (Wildman–Crippen LogP) is 5.66. The van der Waals surface area contributed by atoms with Crippen LogP contribution in [0.2, 0.25) is 0 Å². The van der Waals surface area contributed by atoms with Gasteiger partial charge in [-0.25, -0.2) is 4.39 Å². The van der Waals surface area contributed by atoms with E-state index >= 15 is 0 Å². The molecule has 1 aliphatic carbocycles. The SMILES string of the molecule is Fc1ccc(-c2ccc3c(c2)[C@H]2CC3CCN2Cc2ccc3c(c2)OCO3)cc1. The van der Waals surface area contributed by atoms with E-state index in [9.17, 15) is 4.39 Å².